The summed E-state index contributed by atoms with van der Waals surface area (Å²) >= 11 is 0. The molecule has 3 heterocycles. The molecule has 2 amide bonds. The monoisotopic (exact) mass is 419 g/mol. The van der Waals surface area contributed by atoms with Crippen LogP contribution in [-0.2, 0) is 6.54 Å². The predicted molar refractivity (Wildman–Crippen MR) is 119 cm³/mol. The van der Waals surface area contributed by atoms with E-state index in [-0.39, 0.29) is 11.8 Å². The summed E-state index contributed by atoms with van der Waals surface area (Å²) in [6.07, 6.45) is 6.76. The summed E-state index contributed by atoms with van der Waals surface area (Å²) in [6.45, 7) is 6.12. The zero-order valence-electron chi connectivity index (χ0n) is 17.8. The minimum Gasteiger partial charge on any atom is -0.335 e. The number of hydrogen-bond acceptors (Lipinski definition) is 4. The van der Waals surface area contributed by atoms with Gasteiger partial charge in [-0.15, -0.1) is 0 Å². The lowest BCUT2D eigenvalue weighted by molar-refractivity contribution is 0.0640. The number of nitrogens with zero attached hydrogens (tertiary/aromatic N) is 5. The number of hydrogen-bond donors (Lipinski definition) is 0. The van der Waals surface area contributed by atoms with Crippen molar-refractivity contribution in [3.8, 4) is 0 Å². The van der Waals surface area contributed by atoms with Crippen LogP contribution in [0.1, 0.15) is 39.4 Å². The maximum atomic E-state index is 13.0. The van der Waals surface area contributed by atoms with Crippen LogP contribution in [0.15, 0.2) is 42.5 Å². The lowest BCUT2D eigenvalue weighted by Crippen LogP contribution is -2.48. The lowest BCUT2D eigenvalue weighted by atomic mass is 10.2. The number of rotatable bonds is 6. The van der Waals surface area contributed by atoms with Crippen LogP contribution >= 0.6 is 0 Å². The van der Waals surface area contributed by atoms with Gasteiger partial charge >= 0.3 is 0 Å². The van der Waals surface area contributed by atoms with Crippen LogP contribution in [0.5, 0.6) is 0 Å². The van der Waals surface area contributed by atoms with E-state index in [2.05, 4.69) is 34.3 Å². The van der Waals surface area contributed by atoms with E-state index in [9.17, 15) is 9.59 Å². The second kappa shape index (κ2) is 8.67. The Kier molecular flexibility index (Phi) is 5.59. The highest BCUT2D eigenvalue weighted by molar-refractivity contribution is 5.98. The third-order valence-electron chi connectivity index (χ3n) is 6.40. The third-order valence-corrected chi connectivity index (χ3v) is 6.40. The van der Waals surface area contributed by atoms with Crippen LogP contribution in [0.2, 0.25) is 0 Å². The first-order valence-electron chi connectivity index (χ1n) is 11.3. The van der Waals surface area contributed by atoms with Crippen LogP contribution in [0.3, 0.4) is 0 Å². The fourth-order valence-electron chi connectivity index (χ4n) is 4.33. The zero-order chi connectivity index (χ0) is 21.2. The molecule has 7 nitrogen and oxygen atoms in total. The smallest absolute Gasteiger partial charge is 0.274 e. The fraction of sp³-hybridized carbons (Fsp3) is 0.458. The van der Waals surface area contributed by atoms with Gasteiger partial charge in [-0.1, -0.05) is 42.5 Å². The van der Waals surface area contributed by atoms with Gasteiger partial charge in [0, 0.05) is 51.9 Å². The molecule has 1 aliphatic carbocycles. The van der Waals surface area contributed by atoms with E-state index >= 15 is 0 Å². The van der Waals surface area contributed by atoms with Gasteiger partial charge in [-0.2, -0.15) is 5.10 Å². The highest BCUT2D eigenvalue weighted by Gasteiger charge is 2.33. The largest absolute Gasteiger partial charge is 0.335 e. The molecule has 7 heteroatoms. The van der Waals surface area contributed by atoms with Crippen molar-refractivity contribution in [2.24, 2.45) is 5.92 Å². The molecular weight excluding hydrogens is 390 g/mol. The van der Waals surface area contributed by atoms with Crippen molar-refractivity contribution in [2.75, 3.05) is 45.8 Å². The van der Waals surface area contributed by atoms with Gasteiger partial charge in [0.2, 0.25) is 0 Å². The Bertz CT molecular complexity index is 971. The van der Waals surface area contributed by atoms with Gasteiger partial charge in [-0.3, -0.25) is 19.2 Å². The van der Waals surface area contributed by atoms with Gasteiger partial charge < -0.3 is 9.80 Å². The molecule has 162 valence electrons. The molecule has 2 aliphatic heterocycles. The summed E-state index contributed by atoms with van der Waals surface area (Å²) in [5.41, 5.74) is 2.15. The van der Waals surface area contributed by atoms with Crippen molar-refractivity contribution in [3.05, 3.63) is 59.4 Å². The van der Waals surface area contributed by atoms with Gasteiger partial charge in [0.25, 0.3) is 11.8 Å². The average Bonchev–Trinajstić information content (AvgIpc) is 3.51. The summed E-state index contributed by atoms with van der Waals surface area (Å²) in [5.74, 6) is 0.612. The van der Waals surface area contributed by atoms with Crippen LogP contribution < -0.4 is 0 Å². The minimum absolute atomic E-state index is 0.0136. The van der Waals surface area contributed by atoms with Gasteiger partial charge in [-0.05, 0) is 24.3 Å². The molecule has 0 unspecified atom stereocenters. The Morgan fingerprint density at radius 3 is 2.55 bits per heavy atom. The first-order valence-corrected chi connectivity index (χ1v) is 11.3. The highest BCUT2D eigenvalue weighted by Crippen LogP contribution is 2.30. The number of fused-ring (bicyclic) bond motifs is 1. The molecule has 0 atom stereocenters. The first-order chi connectivity index (χ1) is 15.2. The summed E-state index contributed by atoms with van der Waals surface area (Å²) in [4.78, 5) is 31.9. The molecule has 2 aromatic rings. The topological polar surface area (TPSA) is 61.7 Å². The van der Waals surface area contributed by atoms with Crippen LogP contribution in [0.25, 0.3) is 6.08 Å². The molecule has 2 fully saturated rings. The molecule has 0 spiro atoms. The maximum absolute atomic E-state index is 13.0. The van der Waals surface area contributed by atoms with Crippen molar-refractivity contribution in [1.29, 1.82) is 0 Å². The van der Waals surface area contributed by atoms with Crippen LogP contribution in [0.4, 0.5) is 0 Å². The molecule has 1 saturated heterocycles. The standard InChI is InChI=1S/C24H29N5O2/c30-23(21-17-22-24(31)28(18-20-8-9-20)15-16-29(22)25-21)27-13-11-26(12-14-27)10-4-7-19-5-2-1-3-6-19/h1-7,17,20H,8-16,18H2/b7-4+. The maximum Gasteiger partial charge on any atom is 0.274 e. The number of aromatic nitrogens is 2. The molecule has 1 aromatic carbocycles. The zero-order valence-corrected chi connectivity index (χ0v) is 17.8. The molecule has 31 heavy (non-hydrogen) atoms. The van der Waals surface area contributed by atoms with Gasteiger partial charge in [0.1, 0.15) is 5.69 Å². The van der Waals surface area contributed by atoms with Crippen molar-refractivity contribution in [2.45, 2.75) is 19.4 Å². The molecule has 1 saturated carbocycles. The number of carbonyl (C=O) groups is 2. The molecule has 3 aliphatic rings. The van der Waals surface area contributed by atoms with E-state index in [1.807, 2.05) is 28.0 Å². The number of piperazine rings is 1. The number of carbonyl (C=O) groups excluding carboxylic acids is 2. The van der Waals surface area contributed by atoms with Gasteiger partial charge in [0.15, 0.2) is 5.69 Å². The molecule has 0 radical (unpaired) electrons. The first kappa shape index (κ1) is 20.0. The second-order valence-corrected chi connectivity index (χ2v) is 8.74. The van der Waals surface area contributed by atoms with Crippen LogP contribution in [0, 0.1) is 5.92 Å². The molecule has 1 aromatic heterocycles. The Labute approximate surface area is 182 Å². The Morgan fingerprint density at radius 1 is 1.03 bits per heavy atom. The van der Waals surface area contributed by atoms with Gasteiger partial charge in [-0.25, -0.2) is 0 Å². The lowest BCUT2D eigenvalue weighted by Gasteiger charge is -2.33. The third kappa shape index (κ3) is 4.56. The average molecular weight is 420 g/mol. The summed E-state index contributed by atoms with van der Waals surface area (Å²) in [5, 5.41) is 4.46. The van der Waals surface area contributed by atoms with Crippen molar-refractivity contribution < 1.29 is 9.59 Å². The number of amides is 2. The van der Waals surface area contributed by atoms with E-state index in [4.69, 9.17) is 0 Å². The Hall–Kier alpha value is -2.93. The predicted octanol–water partition coefficient (Wildman–Crippen LogP) is 2.22. The Balaban J connectivity index is 1.15. The minimum atomic E-state index is -0.0667. The molecule has 0 N–H and O–H groups in total. The summed E-state index contributed by atoms with van der Waals surface area (Å²) in [6, 6.07) is 12.0. The molecule has 0 bridgehead atoms. The van der Waals surface area contributed by atoms with Crippen LogP contribution in [-0.4, -0.2) is 82.1 Å². The van der Waals surface area contributed by atoms with Crippen molar-refractivity contribution in [3.63, 3.8) is 0 Å². The fourth-order valence-corrected chi connectivity index (χ4v) is 4.33. The SMILES string of the molecule is O=C(c1cc2n(n1)CCN(CC1CC1)C2=O)N1CCN(C/C=C/c2ccccc2)CC1. The van der Waals surface area contributed by atoms with E-state index in [0.717, 1.165) is 26.2 Å². The molecule has 5 rings (SSSR count). The van der Waals surface area contributed by atoms with Crippen molar-refractivity contribution in [1.82, 2.24) is 24.5 Å². The normalized spacial score (nSPS) is 19.8. The Morgan fingerprint density at radius 2 is 1.81 bits per heavy atom. The quantitative estimate of drug-likeness (QED) is 0.720. The van der Waals surface area contributed by atoms with E-state index in [1.165, 1.54) is 18.4 Å². The van der Waals surface area contributed by atoms with E-state index in [1.54, 1.807) is 10.7 Å². The van der Waals surface area contributed by atoms with E-state index < -0.39 is 0 Å². The number of benzene rings is 1. The summed E-state index contributed by atoms with van der Waals surface area (Å²) in [7, 11) is 0. The van der Waals surface area contributed by atoms with Crippen molar-refractivity contribution >= 4 is 17.9 Å². The van der Waals surface area contributed by atoms with Gasteiger partial charge in [0.05, 0.1) is 6.54 Å². The second-order valence-electron chi connectivity index (χ2n) is 8.74. The van der Waals surface area contributed by atoms with E-state index in [0.29, 0.717) is 43.5 Å². The summed E-state index contributed by atoms with van der Waals surface area (Å²) < 4.78 is 1.71. The molecular formula is C24H29N5O2. The highest BCUT2D eigenvalue weighted by atomic mass is 16.2.